The van der Waals surface area contributed by atoms with Gasteiger partial charge >= 0.3 is 7.60 Å². The quantitative estimate of drug-likeness (QED) is 0.142. The van der Waals surface area contributed by atoms with Crippen LogP contribution in [-0.2, 0) is 25.4 Å². The van der Waals surface area contributed by atoms with E-state index >= 15 is 0 Å². The van der Waals surface area contributed by atoms with Crippen LogP contribution < -0.4 is 13.9 Å². The van der Waals surface area contributed by atoms with E-state index in [1.165, 1.54) is 22.2 Å². The zero-order valence-corrected chi connectivity index (χ0v) is 25.0. The summed E-state index contributed by atoms with van der Waals surface area (Å²) in [7, 11) is -4.08. The second-order valence-electron chi connectivity index (χ2n) is 10.4. The highest BCUT2D eigenvalue weighted by atomic mass is 31.2. The molecule has 2 amide bonds. The van der Waals surface area contributed by atoms with Gasteiger partial charge in [-0.25, -0.2) is 4.57 Å². The summed E-state index contributed by atoms with van der Waals surface area (Å²) >= 11 is 0. The van der Waals surface area contributed by atoms with Crippen molar-refractivity contribution < 1.29 is 28.0 Å². The minimum absolute atomic E-state index is 0.0284. The van der Waals surface area contributed by atoms with Gasteiger partial charge in [-0.05, 0) is 42.5 Å². The van der Waals surface area contributed by atoms with Crippen molar-refractivity contribution >= 4 is 41.8 Å². The number of H-pyrrole nitrogens is 1. The van der Waals surface area contributed by atoms with Crippen LogP contribution in [-0.4, -0.2) is 45.4 Å². The second kappa shape index (κ2) is 13.0. The maximum Gasteiger partial charge on any atom is 0.438 e. The lowest BCUT2D eigenvalue weighted by Crippen LogP contribution is -2.42. The molecule has 226 valence electrons. The number of aromatic nitrogens is 2. The standard InChI is InChI=1S/C34H29N4O6P/c39-26(24-45(42,43-27-14-6-2-7-15-27)44-28-16-8-3-9-17-28)23-37-20-21-38(25-12-4-1-5-13-25)34(41)30(33(37)40)22-32-29-18-10-11-19-31(29)35-36-32/h1-21,30H,22-24H2,(H,35,36). The molecule has 0 fully saturated rings. The lowest BCUT2D eigenvalue weighted by Gasteiger charge is -2.24. The van der Waals surface area contributed by atoms with Gasteiger partial charge in [0.25, 0.3) is 0 Å². The van der Waals surface area contributed by atoms with Crippen LogP contribution in [0.1, 0.15) is 5.69 Å². The fourth-order valence-electron chi connectivity index (χ4n) is 5.07. The number of carbonyl (C=O) groups is 3. The number of hydrogen-bond acceptors (Lipinski definition) is 7. The van der Waals surface area contributed by atoms with E-state index in [0.717, 1.165) is 5.39 Å². The third-order valence-corrected chi connectivity index (χ3v) is 8.91. The highest BCUT2D eigenvalue weighted by Gasteiger charge is 2.39. The van der Waals surface area contributed by atoms with E-state index in [1.54, 1.807) is 84.9 Å². The number of fused-ring (bicyclic) bond motifs is 1. The smallest absolute Gasteiger partial charge is 0.416 e. The normalized spacial score (nSPS) is 15.2. The van der Waals surface area contributed by atoms with Gasteiger partial charge in [-0.3, -0.25) is 24.4 Å². The maximum atomic E-state index is 14.0. The molecule has 1 aliphatic heterocycles. The molecule has 0 bridgehead atoms. The van der Waals surface area contributed by atoms with Crippen LogP contribution in [0.15, 0.2) is 128 Å². The molecule has 0 spiro atoms. The predicted octanol–water partition coefficient (Wildman–Crippen LogP) is 5.99. The van der Waals surface area contributed by atoms with Crippen LogP contribution >= 0.6 is 7.60 Å². The predicted molar refractivity (Wildman–Crippen MR) is 170 cm³/mol. The van der Waals surface area contributed by atoms with Gasteiger partial charge in [-0.2, -0.15) is 5.10 Å². The number of hydrogen-bond donors (Lipinski definition) is 1. The van der Waals surface area contributed by atoms with E-state index in [1.807, 2.05) is 30.3 Å². The van der Waals surface area contributed by atoms with Gasteiger partial charge in [0.05, 0.1) is 12.1 Å². The first-order valence-electron chi connectivity index (χ1n) is 14.3. The molecule has 5 aromatic rings. The molecular weight excluding hydrogens is 591 g/mol. The SMILES string of the molecule is O=C(CN1C=CN(c2ccccc2)C(=O)C(Cc2[nH]nc3ccccc23)C1=O)CP(=O)(Oc1ccccc1)Oc1ccccc1. The molecule has 0 aliphatic carbocycles. The fraction of sp³-hybridized carbons (Fsp3) is 0.118. The molecule has 6 rings (SSSR count). The molecule has 45 heavy (non-hydrogen) atoms. The van der Waals surface area contributed by atoms with E-state index in [9.17, 15) is 18.9 Å². The summed E-state index contributed by atoms with van der Waals surface area (Å²) in [6.45, 7) is -0.453. The molecule has 10 nitrogen and oxygen atoms in total. The Kier molecular flexibility index (Phi) is 8.57. The highest BCUT2D eigenvalue weighted by molar-refractivity contribution is 7.55. The van der Waals surface area contributed by atoms with Gasteiger partial charge in [0.1, 0.15) is 23.6 Å². The number of carbonyl (C=O) groups excluding carboxylic acids is 3. The van der Waals surface area contributed by atoms with Crippen LogP contribution in [0, 0.1) is 5.92 Å². The van der Waals surface area contributed by atoms with Crippen molar-refractivity contribution in [3.05, 3.63) is 133 Å². The Morgan fingerprint density at radius 1 is 0.756 bits per heavy atom. The average molecular weight is 621 g/mol. The Balaban J connectivity index is 1.28. The van der Waals surface area contributed by atoms with E-state index in [-0.39, 0.29) is 17.9 Å². The first-order chi connectivity index (χ1) is 21.9. The van der Waals surface area contributed by atoms with Crippen LogP contribution in [0.4, 0.5) is 5.69 Å². The lowest BCUT2D eigenvalue weighted by molar-refractivity contribution is -0.140. The molecule has 0 radical (unpaired) electrons. The third-order valence-electron chi connectivity index (χ3n) is 7.19. The van der Waals surface area contributed by atoms with Crippen molar-refractivity contribution in [1.29, 1.82) is 0 Å². The molecule has 1 aliphatic rings. The monoisotopic (exact) mass is 620 g/mol. The molecule has 1 atom stereocenters. The summed E-state index contributed by atoms with van der Waals surface area (Å²) in [6, 6.07) is 33.2. The Bertz CT molecular complexity index is 1850. The summed E-state index contributed by atoms with van der Waals surface area (Å²) in [5.74, 6) is -2.25. The Hall–Kier alpha value is -5.47. The van der Waals surface area contributed by atoms with Crippen molar-refractivity contribution in [1.82, 2.24) is 15.1 Å². The number of benzene rings is 4. The lowest BCUT2D eigenvalue weighted by atomic mass is 9.98. The number of rotatable bonds is 11. The second-order valence-corrected chi connectivity index (χ2v) is 12.3. The first kappa shape index (κ1) is 29.6. The first-order valence-corrected chi connectivity index (χ1v) is 16.0. The van der Waals surface area contributed by atoms with Crippen LogP contribution in [0.3, 0.4) is 0 Å². The molecular formula is C34H29N4O6P. The van der Waals surface area contributed by atoms with Crippen LogP contribution in [0.2, 0.25) is 0 Å². The summed E-state index contributed by atoms with van der Waals surface area (Å²) in [6.07, 6.45) is 2.28. The fourth-order valence-corrected chi connectivity index (χ4v) is 6.66. The summed E-state index contributed by atoms with van der Waals surface area (Å²) in [4.78, 5) is 44.0. The Morgan fingerprint density at radius 2 is 1.33 bits per heavy atom. The van der Waals surface area contributed by atoms with Crippen molar-refractivity contribution in [2.24, 2.45) is 5.92 Å². The zero-order chi connectivity index (χ0) is 31.2. The van der Waals surface area contributed by atoms with Crippen molar-refractivity contribution in [2.45, 2.75) is 6.42 Å². The number of aromatic amines is 1. The largest absolute Gasteiger partial charge is 0.438 e. The van der Waals surface area contributed by atoms with Gasteiger partial charge in [-0.1, -0.05) is 72.8 Å². The van der Waals surface area contributed by atoms with Gasteiger partial charge in [-0.15, -0.1) is 0 Å². The molecule has 1 unspecified atom stereocenters. The number of anilines is 1. The molecule has 1 N–H and O–H groups in total. The molecule has 4 aromatic carbocycles. The van der Waals surface area contributed by atoms with Crippen LogP contribution in [0.5, 0.6) is 11.5 Å². The van der Waals surface area contributed by atoms with Gasteiger partial charge < -0.3 is 13.9 Å². The number of amides is 2. The van der Waals surface area contributed by atoms with E-state index in [2.05, 4.69) is 10.2 Å². The average Bonchev–Trinajstić information content (AvgIpc) is 3.42. The molecule has 0 saturated heterocycles. The number of Topliss-reactive ketones (excluding diaryl/α,β-unsaturated/α-hetero) is 1. The van der Waals surface area contributed by atoms with Crippen molar-refractivity contribution in [3.63, 3.8) is 0 Å². The Labute approximate surface area is 259 Å². The maximum absolute atomic E-state index is 14.0. The van der Waals surface area contributed by atoms with E-state index in [0.29, 0.717) is 16.9 Å². The third kappa shape index (κ3) is 6.87. The number of ketones is 1. The van der Waals surface area contributed by atoms with Crippen LogP contribution in [0.25, 0.3) is 10.9 Å². The summed E-state index contributed by atoms with van der Waals surface area (Å²) < 4.78 is 25.5. The number of nitrogens with one attached hydrogen (secondary N) is 1. The topological polar surface area (TPSA) is 122 Å². The van der Waals surface area contributed by atoms with Gasteiger partial charge in [0.15, 0.2) is 5.78 Å². The number of nitrogens with zero attached hydrogens (tertiary/aromatic N) is 3. The minimum atomic E-state index is -4.08. The molecule has 0 saturated carbocycles. The molecule has 11 heteroatoms. The summed E-state index contributed by atoms with van der Waals surface area (Å²) in [5.41, 5.74) is 1.89. The zero-order valence-electron chi connectivity index (χ0n) is 24.1. The minimum Gasteiger partial charge on any atom is -0.416 e. The van der Waals surface area contributed by atoms with Gasteiger partial charge in [0.2, 0.25) is 11.8 Å². The van der Waals surface area contributed by atoms with E-state index < -0.39 is 43.8 Å². The van der Waals surface area contributed by atoms with Crippen molar-refractivity contribution in [3.8, 4) is 11.5 Å². The molecule has 1 aromatic heterocycles. The number of para-hydroxylation sites is 4. The Morgan fingerprint density at radius 3 is 1.98 bits per heavy atom. The highest BCUT2D eigenvalue weighted by Crippen LogP contribution is 2.48. The molecule has 2 heterocycles. The van der Waals surface area contributed by atoms with Crippen molar-refractivity contribution in [2.75, 3.05) is 17.6 Å². The summed E-state index contributed by atoms with van der Waals surface area (Å²) in [5, 5.41) is 8.06. The van der Waals surface area contributed by atoms with E-state index in [4.69, 9.17) is 9.05 Å². The van der Waals surface area contributed by atoms with Gasteiger partial charge in [0, 0.05) is 35.6 Å².